The van der Waals surface area contributed by atoms with Crippen LogP contribution in [0.1, 0.15) is 5.56 Å². The maximum atomic E-state index is 12.5. The Hall–Kier alpha value is -1.73. The Morgan fingerprint density at radius 2 is 1.64 bits per heavy atom. The normalized spacial score (nSPS) is 11.1. The van der Waals surface area contributed by atoms with Gasteiger partial charge in [0.1, 0.15) is 10.6 Å². The van der Waals surface area contributed by atoms with Crippen molar-refractivity contribution >= 4 is 26.0 Å². The number of rotatable bonds is 5. The molecule has 118 valence electrons. The second-order valence-electron chi connectivity index (χ2n) is 4.47. The van der Waals surface area contributed by atoms with Gasteiger partial charge in [0.2, 0.25) is 0 Å². The van der Waals surface area contributed by atoms with Crippen LogP contribution in [0.2, 0.25) is 0 Å². The van der Waals surface area contributed by atoms with Gasteiger partial charge in [0.15, 0.2) is 11.5 Å². The van der Waals surface area contributed by atoms with Gasteiger partial charge in [-0.1, -0.05) is 22.0 Å². The molecule has 0 aromatic heterocycles. The van der Waals surface area contributed by atoms with Crippen LogP contribution in [0.25, 0.3) is 0 Å². The Balaban J connectivity index is 2.45. The fourth-order valence-corrected chi connectivity index (χ4v) is 3.45. The van der Waals surface area contributed by atoms with Gasteiger partial charge >= 0.3 is 10.1 Å². The molecule has 0 saturated heterocycles. The van der Waals surface area contributed by atoms with Crippen molar-refractivity contribution < 1.29 is 22.1 Å². The van der Waals surface area contributed by atoms with Crippen molar-refractivity contribution in [2.45, 2.75) is 11.8 Å². The summed E-state index contributed by atoms with van der Waals surface area (Å²) < 4.78 is 41.1. The van der Waals surface area contributed by atoms with Crippen LogP contribution in [0.15, 0.2) is 45.8 Å². The average molecular weight is 387 g/mol. The Morgan fingerprint density at radius 1 is 1.00 bits per heavy atom. The molecule has 0 unspecified atom stereocenters. The highest BCUT2D eigenvalue weighted by molar-refractivity contribution is 9.10. The third kappa shape index (κ3) is 3.53. The molecule has 0 saturated carbocycles. The van der Waals surface area contributed by atoms with E-state index >= 15 is 0 Å². The first-order valence-corrected chi connectivity index (χ1v) is 8.50. The number of ether oxygens (including phenoxy) is 2. The lowest BCUT2D eigenvalue weighted by Crippen LogP contribution is -2.12. The van der Waals surface area contributed by atoms with Crippen molar-refractivity contribution in [1.29, 1.82) is 0 Å². The largest absolute Gasteiger partial charge is 0.493 e. The summed E-state index contributed by atoms with van der Waals surface area (Å²) in [4.78, 5) is 0.0325. The summed E-state index contributed by atoms with van der Waals surface area (Å²) in [5.41, 5.74) is 0.507. The molecule has 0 N–H and O–H groups in total. The van der Waals surface area contributed by atoms with Crippen molar-refractivity contribution in [3.8, 4) is 17.2 Å². The fraction of sp³-hybridized carbons (Fsp3) is 0.200. The summed E-state index contributed by atoms with van der Waals surface area (Å²) in [7, 11) is -1.04. The van der Waals surface area contributed by atoms with E-state index in [-0.39, 0.29) is 10.6 Å². The molecule has 0 atom stereocenters. The molecule has 0 radical (unpaired) electrons. The predicted octanol–water partition coefficient (Wildman–Crippen LogP) is 3.54. The smallest absolute Gasteiger partial charge is 0.339 e. The van der Waals surface area contributed by atoms with E-state index in [0.29, 0.717) is 17.1 Å². The van der Waals surface area contributed by atoms with E-state index in [9.17, 15) is 8.42 Å². The van der Waals surface area contributed by atoms with Crippen LogP contribution in [0.3, 0.4) is 0 Å². The molecule has 0 amide bonds. The highest BCUT2D eigenvalue weighted by atomic mass is 79.9. The maximum Gasteiger partial charge on any atom is 0.339 e. The number of halogens is 1. The standard InChI is InChI=1S/C15H15BrO5S/c1-10-7-13(19-2)14(20-3)9-15(10)22(17,18)21-12-6-4-5-11(16)8-12/h4-9H,1-3H3. The first-order valence-electron chi connectivity index (χ1n) is 6.30. The quantitative estimate of drug-likeness (QED) is 0.735. The number of hydrogen-bond donors (Lipinski definition) is 0. The molecule has 0 fully saturated rings. The Morgan fingerprint density at radius 3 is 2.23 bits per heavy atom. The first-order chi connectivity index (χ1) is 10.4. The third-order valence-electron chi connectivity index (χ3n) is 2.95. The third-order valence-corrected chi connectivity index (χ3v) is 4.84. The summed E-state index contributed by atoms with van der Waals surface area (Å²) >= 11 is 3.27. The monoisotopic (exact) mass is 386 g/mol. The molecular weight excluding hydrogens is 372 g/mol. The summed E-state index contributed by atoms with van der Waals surface area (Å²) in [6, 6.07) is 9.60. The van der Waals surface area contributed by atoms with Crippen molar-refractivity contribution in [3.05, 3.63) is 46.4 Å². The average Bonchev–Trinajstić information content (AvgIpc) is 2.46. The van der Waals surface area contributed by atoms with Crippen LogP contribution in [0, 0.1) is 6.92 Å². The molecule has 2 aromatic carbocycles. The molecule has 0 heterocycles. The molecule has 2 rings (SSSR count). The van der Waals surface area contributed by atoms with Gasteiger partial charge in [-0.05, 0) is 36.8 Å². The van der Waals surface area contributed by atoms with Crippen LogP contribution in [-0.4, -0.2) is 22.6 Å². The molecule has 0 bridgehead atoms. The van der Waals surface area contributed by atoms with E-state index in [4.69, 9.17) is 13.7 Å². The molecule has 7 heteroatoms. The van der Waals surface area contributed by atoms with Gasteiger partial charge < -0.3 is 13.7 Å². The molecular formula is C15H15BrO5S. The van der Waals surface area contributed by atoms with Gasteiger partial charge in [-0.25, -0.2) is 0 Å². The lowest BCUT2D eigenvalue weighted by molar-refractivity contribution is 0.353. The van der Waals surface area contributed by atoms with Crippen LogP contribution in [-0.2, 0) is 10.1 Å². The van der Waals surface area contributed by atoms with Gasteiger partial charge in [0, 0.05) is 10.5 Å². The Labute approximate surface area is 138 Å². The lowest BCUT2D eigenvalue weighted by Gasteiger charge is -2.13. The molecule has 0 spiro atoms. The minimum absolute atomic E-state index is 0.0325. The first kappa shape index (κ1) is 16.6. The van der Waals surface area contributed by atoms with Crippen LogP contribution >= 0.6 is 15.9 Å². The zero-order valence-electron chi connectivity index (χ0n) is 12.3. The predicted molar refractivity (Wildman–Crippen MR) is 86.2 cm³/mol. The molecule has 0 aliphatic heterocycles. The minimum Gasteiger partial charge on any atom is -0.493 e. The highest BCUT2D eigenvalue weighted by Gasteiger charge is 2.22. The van der Waals surface area contributed by atoms with E-state index in [1.807, 2.05) is 0 Å². The SMILES string of the molecule is COc1cc(C)c(S(=O)(=O)Oc2cccc(Br)c2)cc1OC. The number of hydrogen-bond acceptors (Lipinski definition) is 5. The van der Waals surface area contributed by atoms with E-state index in [0.717, 1.165) is 4.47 Å². The van der Waals surface area contributed by atoms with Crippen LogP contribution in [0.5, 0.6) is 17.2 Å². The summed E-state index contributed by atoms with van der Waals surface area (Å²) in [6.45, 7) is 1.67. The van der Waals surface area contributed by atoms with E-state index in [1.165, 1.54) is 20.3 Å². The van der Waals surface area contributed by atoms with Crippen molar-refractivity contribution in [1.82, 2.24) is 0 Å². The van der Waals surface area contributed by atoms with Crippen LogP contribution in [0.4, 0.5) is 0 Å². The second kappa shape index (κ2) is 6.58. The molecule has 22 heavy (non-hydrogen) atoms. The summed E-state index contributed by atoms with van der Waals surface area (Å²) in [6.07, 6.45) is 0. The van der Waals surface area contributed by atoms with Gasteiger partial charge in [0.05, 0.1) is 14.2 Å². The van der Waals surface area contributed by atoms with Gasteiger partial charge in [0.25, 0.3) is 0 Å². The number of methoxy groups -OCH3 is 2. The summed E-state index contributed by atoms with van der Waals surface area (Å²) in [5, 5.41) is 0. The van der Waals surface area contributed by atoms with E-state index in [2.05, 4.69) is 15.9 Å². The minimum atomic E-state index is -3.97. The zero-order chi connectivity index (χ0) is 16.3. The van der Waals surface area contributed by atoms with E-state index in [1.54, 1.807) is 37.3 Å². The molecule has 2 aromatic rings. The Bertz CT molecular complexity index is 787. The van der Waals surface area contributed by atoms with Crippen molar-refractivity contribution in [2.75, 3.05) is 14.2 Å². The molecule has 0 aliphatic carbocycles. The fourth-order valence-electron chi connectivity index (χ4n) is 1.92. The van der Waals surface area contributed by atoms with Crippen molar-refractivity contribution in [3.63, 3.8) is 0 Å². The number of aryl methyl sites for hydroxylation is 1. The van der Waals surface area contributed by atoms with E-state index < -0.39 is 10.1 Å². The van der Waals surface area contributed by atoms with Crippen LogP contribution < -0.4 is 13.7 Å². The maximum absolute atomic E-state index is 12.5. The highest BCUT2D eigenvalue weighted by Crippen LogP contribution is 2.33. The lowest BCUT2D eigenvalue weighted by atomic mass is 10.2. The topological polar surface area (TPSA) is 61.8 Å². The van der Waals surface area contributed by atoms with Gasteiger partial charge in [-0.15, -0.1) is 0 Å². The van der Waals surface area contributed by atoms with Gasteiger partial charge in [-0.2, -0.15) is 8.42 Å². The number of benzene rings is 2. The van der Waals surface area contributed by atoms with Crippen molar-refractivity contribution in [2.24, 2.45) is 0 Å². The second-order valence-corrected chi connectivity index (χ2v) is 6.90. The zero-order valence-corrected chi connectivity index (χ0v) is 14.7. The Kier molecular flexibility index (Phi) is 4.97. The van der Waals surface area contributed by atoms with Gasteiger partial charge in [-0.3, -0.25) is 0 Å². The molecule has 0 aliphatic rings. The molecule has 5 nitrogen and oxygen atoms in total. The summed E-state index contributed by atoms with van der Waals surface area (Å²) in [5.74, 6) is 1.01.